The largest absolute Gasteiger partial charge is 0.344 e. The number of carbonyl (C=O) groups is 1. The SMILES string of the molecule is CCC1CCCN1C(=O)C1=C(C)Nc2ccnn2C1c1cccc(Cl)c1Cl. The Hall–Kier alpha value is -1.98. The standard InChI is InChI=1S/C20H22Cl2N4O/c1-3-13-6-5-11-25(13)20(27)17-12(2)24-16-9-10-23-26(16)19(17)14-7-4-8-15(21)18(14)22/h4,7-10,13,19,24H,3,5-6,11H2,1-2H3. The Bertz CT molecular complexity index is 920. The second-order valence-electron chi connectivity index (χ2n) is 7.07. The molecule has 2 aliphatic heterocycles. The van der Waals surface area contributed by atoms with Crippen molar-refractivity contribution in [3.63, 3.8) is 0 Å². The second kappa shape index (κ2) is 7.21. The van der Waals surface area contributed by atoms with Crippen molar-refractivity contribution in [1.29, 1.82) is 0 Å². The first-order valence-electron chi connectivity index (χ1n) is 9.29. The third-order valence-electron chi connectivity index (χ3n) is 5.52. The lowest BCUT2D eigenvalue weighted by Crippen LogP contribution is -2.40. The molecule has 4 rings (SSSR count). The molecule has 0 bridgehead atoms. The van der Waals surface area contributed by atoms with E-state index in [0.717, 1.165) is 42.9 Å². The van der Waals surface area contributed by atoms with Gasteiger partial charge in [-0.05, 0) is 32.3 Å². The molecule has 3 heterocycles. The summed E-state index contributed by atoms with van der Waals surface area (Å²) in [6, 6.07) is 7.29. The Labute approximate surface area is 168 Å². The fraction of sp³-hybridized carbons (Fsp3) is 0.400. The molecule has 1 N–H and O–H groups in total. The first-order chi connectivity index (χ1) is 13.0. The van der Waals surface area contributed by atoms with Gasteiger partial charge < -0.3 is 10.2 Å². The number of hydrogen-bond donors (Lipinski definition) is 1. The summed E-state index contributed by atoms with van der Waals surface area (Å²) >= 11 is 12.8. The van der Waals surface area contributed by atoms with Gasteiger partial charge in [-0.25, -0.2) is 4.68 Å². The van der Waals surface area contributed by atoms with Gasteiger partial charge in [-0.3, -0.25) is 4.79 Å². The minimum Gasteiger partial charge on any atom is -0.344 e. The molecule has 0 aliphatic carbocycles. The zero-order valence-electron chi connectivity index (χ0n) is 15.4. The van der Waals surface area contributed by atoms with Crippen LogP contribution in [-0.2, 0) is 4.79 Å². The molecule has 1 aromatic heterocycles. The number of aromatic nitrogens is 2. The van der Waals surface area contributed by atoms with Crippen LogP contribution in [0.5, 0.6) is 0 Å². The highest BCUT2D eigenvalue weighted by Gasteiger charge is 2.38. The third kappa shape index (κ3) is 3.03. The topological polar surface area (TPSA) is 50.2 Å². The quantitative estimate of drug-likeness (QED) is 0.792. The third-order valence-corrected chi connectivity index (χ3v) is 6.36. The molecule has 2 unspecified atom stereocenters. The minimum absolute atomic E-state index is 0.0477. The van der Waals surface area contributed by atoms with Crippen LogP contribution in [0.3, 0.4) is 0 Å². The van der Waals surface area contributed by atoms with E-state index in [1.54, 1.807) is 12.3 Å². The van der Waals surface area contributed by atoms with E-state index in [0.29, 0.717) is 15.6 Å². The number of anilines is 1. The zero-order valence-corrected chi connectivity index (χ0v) is 16.9. The van der Waals surface area contributed by atoms with Crippen LogP contribution in [0.1, 0.15) is 44.7 Å². The van der Waals surface area contributed by atoms with Gasteiger partial charge in [0, 0.05) is 29.9 Å². The molecule has 0 saturated carbocycles. The number of carbonyl (C=O) groups excluding carboxylic acids is 1. The van der Waals surface area contributed by atoms with E-state index < -0.39 is 6.04 Å². The maximum absolute atomic E-state index is 13.6. The Morgan fingerprint density at radius 3 is 2.93 bits per heavy atom. The predicted molar refractivity (Wildman–Crippen MR) is 108 cm³/mol. The van der Waals surface area contributed by atoms with E-state index in [-0.39, 0.29) is 11.9 Å². The van der Waals surface area contributed by atoms with E-state index in [2.05, 4.69) is 17.3 Å². The molecule has 0 radical (unpaired) electrons. The smallest absolute Gasteiger partial charge is 0.254 e. The normalized spacial score (nSPS) is 22.0. The molecule has 1 fully saturated rings. The molecule has 1 saturated heterocycles. The van der Waals surface area contributed by atoms with Crippen LogP contribution in [0.25, 0.3) is 0 Å². The first kappa shape index (κ1) is 18.4. The van der Waals surface area contributed by atoms with Gasteiger partial charge in [-0.15, -0.1) is 0 Å². The van der Waals surface area contributed by atoms with E-state index in [1.807, 2.05) is 34.7 Å². The Balaban J connectivity index is 1.85. The summed E-state index contributed by atoms with van der Waals surface area (Å²) in [6.45, 7) is 4.86. The summed E-state index contributed by atoms with van der Waals surface area (Å²) in [7, 11) is 0. The number of amides is 1. The minimum atomic E-state index is -0.409. The summed E-state index contributed by atoms with van der Waals surface area (Å²) in [6.07, 6.45) is 4.78. The van der Waals surface area contributed by atoms with Gasteiger partial charge in [0.2, 0.25) is 0 Å². The molecule has 1 aromatic carbocycles. The monoisotopic (exact) mass is 404 g/mol. The van der Waals surface area contributed by atoms with E-state index in [9.17, 15) is 4.79 Å². The van der Waals surface area contributed by atoms with Gasteiger partial charge in [0.15, 0.2) is 0 Å². The van der Waals surface area contributed by atoms with Crippen molar-refractivity contribution in [2.24, 2.45) is 0 Å². The number of hydrogen-bond acceptors (Lipinski definition) is 3. The molecular formula is C20H22Cl2N4O. The van der Waals surface area contributed by atoms with Crippen molar-refractivity contribution in [3.05, 3.63) is 57.3 Å². The van der Waals surface area contributed by atoms with Gasteiger partial charge in [-0.1, -0.05) is 42.3 Å². The number of benzene rings is 1. The van der Waals surface area contributed by atoms with Crippen molar-refractivity contribution in [1.82, 2.24) is 14.7 Å². The molecule has 142 valence electrons. The maximum atomic E-state index is 13.6. The highest BCUT2D eigenvalue weighted by Crippen LogP contribution is 2.41. The van der Waals surface area contributed by atoms with E-state index >= 15 is 0 Å². The summed E-state index contributed by atoms with van der Waals surface area (Å²) in [5.41, 5.74) is 2.29. The summed E-state index contributed by atoms with van der Waals surface area (Å²) in [4.78, 5) is 15.6. The van der Waals surface area contributed by atoms with Crippen LogP contribution in [0.2, 0.25) is 10.0 Å². The van der Waals surface area contributed by atoms with Crippen LogP contribution >= 0.6 is 23.2 Å². The van der Waals surface area contributed by atoms with Crippen LogP contribution in [0, 0.1) is 0 Å². The van der Waals surface area contributed by atoms with E-state index in [1.165, 1.54) is 0 Å². The molecule has 5 nitrogen and oxygen atoms in total. The van der Waals surface area contributed by atoms with Crippen molar-refractivity contribution >= 4 is 34.9 Å². The van der Waals surface area contributed by atoms with Gasteiger partial charge in [0.25, 0.3) is 5.91 Å². The number of nitrogens with zero attached hydrogens (tertiary/aromatic N) is 3. The summed E-state index contributed by atoms with van der Waals surface area (Å²) in [5.74, 6) is 0.880. The molecule has 2 aromatic rings. The average molecular weight is 405 g/mol. The Morgan fingerprint density at radius 1 is 1.33 bits per heavy atom. The van der Waals surface area contributed by atoms with Crippen molar-refractivity contribution in [2.75, 3.05) is 11.9 Å². The highest BCUT2D eigenvalue weighted by atomic mass is 35.5. The molecule has 2 atom stereocenters. The van der Waals surface area contributed by atoms with Gasteiger partial charge in [-0.2, -0.15) is 5.10 Å². The van der Waals surface area contributed by atoms with Crippen molar-refractivity contribution < 1.29 is 4.79 Å². The number of fused-ring (bicyclic) bond motifs is 1. The number of rotatable bonds is 3. The molecule has 2 aliphatic rings. The molecular weight excluding hydrogens is 383 g/mol. The maximum Gasteiger partial charge on any atom is 0.254 e. The summed E-state index contributed by atoms with van der Waals surface area (Å²) in [5, 5.41) is 8.71. The zero-order chi connectivity index (χ0) is 19.1. The second-order valence-corrected chi connectivity index (χ2v) is 7.86. The fourth-order valence-corrected chi connectivity index (χ4v) is 4.60. The number of allylic oxidation sites excluding steroid dienone is 1. The van der Waals surface area contributed by atoms with Crippen LogP contribution < -0.4 is 5.32 Å². The predicted octanol–water partition coefficient (Wildman–Crippen LogP) is 4.88. The molecule has 7 heteroatoms. The Kier molecular flexibility index (Phi) is 4.91. The lowest BCUT2D eigenvalue weighted by molar-refractivity contribution is -0.128. The first-order valence-corrected chi connectivity index (χ1v) is 10.0. The Morgan fingerprint density at radius 2 is 2.15 bits per heavy atom. The lowest BCUT2D eigenvalue weighted by atomic mass is 9.94. The number of halogens is 2. The molecule has 0 spiro atoms. The average Bonchev–Trinajstić information content (AvgIpc) is 3.31. The van der Waals surface area contributed by atoms with Crippen LogP contribution in [0.4, 0.5) is 5.82 Å². The summed E-state index contributed by atoms with van der Waals surface area (Å²) < 4.78 is 1.81. The van der Waals surface area contributed by atoms with Gasteiger partial charge in [0.1, 0.15) is 11.9 Å². The fourth-order valence-electron chi connectivity index (χ4n) is 4.18. The van der Waals surface area contributed by atoms with Gasteiger partial charge in [0.05, 0.1) is 21.8 Å². The highest BCUT2D eigenvalue weighted by molar-refractivity contribution is 6.42. The van der Waals surface area contributed by atoms with Gasteiger partial charge >= 0.3 is 0 Å². The molecule has 27 heavy (non-hydrogen) atoms. The van der Waals surface area contributed by atoms with E-state index in [4.69, 9.17) is 23.2 Å². The van der Waals surface area contributed by atoms with Crippen molar-refractivity contribution in [2.45, 2.75) is 45.2 Å². The van der Waals surface area contributed by atoms with Crippen LogP contribution in [-0.4, -0.2) is 33.2 Å². The van der Waals surface area contributed by atoms with Crippen molar-refractivity contribution in [3.8, 4) is 0 Å². The number of nitrogens with one attached hydrogen (secondary N) is 1. The molecule has 1 amide bonds. The van der Waals surface area contributed by atoms with Crippen LogP contribution in [0.15, 0.2) is 41.7 Å². The lowest BCUT2D eigenvalue weighted by Gasteiger charge is -2.34. The number of likely N-dealkylation sites (tertiary alicyclic amines) is 1.